The van der Waals surface area contributed by atoms with Crippen molar-refractivity contribution >= 4 is 23.3 Å². The number of rotatable bonds is 6. The molecule has 1 fully saturated rings. The van der Waals surface area contributed by atoms with E-state index in [9.17, 15) is 9.59 Å². The number of nitrogens with zero attached hydrogens (tertiary/aromatic N) is 2. The second-order valence-electron chi connectivity index (χ2n) is 6.99. The van der Waals surface area contributed by atoms with Crippen LogP contribution >= 0.6 is 0 Å². The SMILES string of the molecule is COc1ccccc1N1CCN(CC(=O)Nc2ccccc2-c2ccccc2)C1=O. The molecule has 3 aromatic carbocycles. The second kappa shape index (κ2) is 8.69. The Balaban J connectivity index is 1.45. The fraction of sp³-hybridized carbons (Fsp3) is 0.167. The Kier molecular flexibility index (Phi) is 5.66. The first-order valence-corrected chi connectivity index (χ1v) is 9.81. The number of anilines is 2. The number of nitrogens with one attached hydrogen (secondary N) is 1. The largest absolute Gasteiger partial charge is 0.495 e. The molecule has 0 spiro atoms. The number of ether oxygens (including phenoxy) is 1. The summed E-state index contributed by atoms with van der Waals surface area (Å²) in [6.07, 6.45) is 0. The summed E-state index contributed by atoms with van der Waals surface area (Å²) < 4.78 is 5.36. The number of hydrogen-bond acceptors (Lipinski definition) is 3. The summed E-state index contributed by atoms with van der Waals surface area (Å²) in [5, 5.41) is 2.96. The van der Waals surface area contributed by atoms with Gasteiger partial charge in [0.1, 0.15) is 12.3 Å². The van der Waals surface area contributed by atoms with Gasteiger partial charge in [-0.25, -0.2) is 4.79 Å². The number of amides is 3. The lowest BCUT2D eigenvalue weighted by Gasteiger charge is -2.20. The molecular formula is C24H23N3O3. The monoisotopic (exact) mass is 401 g/mol. The molecule has 0 aromatic heterocycles. The number of urea groups is 1. The predicted molar refractivity (Wildman–Crippen MR) is 118 cm³/mol. The van der Waals surface area contributed by atoms with Crippen LogP contribution in [-0.2, 0) is 4.79 Å². The highest BCUT2D eigenvalue weighted by atomic mass is 16.5. The Labute approximate surface area is 175 Å². The molecular weight excluding hydrogens is 378 g/mol. The fourth-order valence-corrected chi connectivity index (χ4v) is 3.63. The lowest BCUT2D eigenvalue weighted by atomic mass is 10.0. The van der Waals surface area contributed by atoms with E-state index in [1.165, 1.54) is 0 Å². The van der Waals surface area contributed by atoms with Crippen LogP contribution in [0.2, 0.25) is 0 Å². The van der Waals surface area contributed by atoms with Gasteiger partial charge in [-0.1, -0.05) is 60.7 Å². The van der Waals surface area contributed by atoms with E-state index in [-0.39, 0.29) is 18.5 Å². The third-order valence-electron chi connectivity index (χ3n) is 5.09. The van der Waals surface area contributed by atoms with Crippen LogP contribution < -0.4 is 15.0 Å². The third kappa shape index (κ3) is 3.98. The Bertz CT molecular complexity index is 1050. The lowest BCUT2D eigenvalue weighted by molar-refractivity contribution is -0.116. The summed E-state index contributed by atoms with van der Waals surface area (Å²) in [5.74, 6) is 0.405. The topological polar surface area (TPSA) is 61.9 Å². The molecule has 0 bridgehead atoms. The van der Waals surface area contributed by atoms with Crippen LogP contribution in [0.1, 0.15) is 0 Å². The molecule has 0 unspecified atom stereocenters. The van der Waals surface area contributed by atoms with Crippen molar-refractivity contribution in [1.82, 2.24) is 4.90 Å². The minimum atomic E-state index is -0.228. The average Bonchev–Trinajstić information content (AvgIpc) is 3.14. The highest BCUT2D eigenvalue weighted by Crippen LogP contribution is 2.31. The fourth-order valence-electron chi connectivity index (χ4n) is 3.63. The maximum absolute atomic E-state index is 12.9. The van der Waals surface area contributed by atoms with Crippen molar-refractivity contribution in [2.24, 2.45) is 0 Å². The quantitative estimate of drug-likeness (QED) is 0.672. The molecule has 0 atom stereocenters. The number of hydrogen-bond donors (Lipinski definition) is 1. The first-order chi connectivity index (χ1) is 14.7. The van der Waals surface area contributed by atoms with Crippen LogP contribution in [0.3, 0.4) is 0 Å². The van der Waals surface area contributed by atoms with E-state index in [1.54, 1.807) is 16.9 Å². The van der Waals surface area contributed by atoms with E-state index in [0.29, 0.717) is 24.5 Å². The normalized spacial score (nSPS) is 13.4. The summed E-state index contributed by atoms with van der Waals surface area (Å²) in [5.41, 5.74) is 3.40. The molecule has 3 aromatic rings. The van der Waals surface area contributed by atoms with E-state index in [4.69, 9.17) is 4.74 Å². The van der Waals surface area contributed by atoms with E-state index in [1.807, 2.05) is 78.9 Å². The minimum absolute atomic E-state index is 0.00634. The molecule has 30 heavy (non-hydrogen) atoms. The van der Waals surface area contributed by atoms with Crippen LogP contribution in [0.5, 0.6) is 5.75 Å². The van der Waals surface area contributed by atoms with E-state index < -0.39 is 0 Å². The molecule has 3 amide bonds. The zero-order valence-electron chi connectivity index (χ0n) is 16.7. The van der Waals surface area contributed by atoms with E-state index in [0.717, 1.165) is 16.8 Å². The average molecular weight is 401 g/mol. The van der Waals surface area contributed by atoms with Crippen LogP contribution in [0, 0.1) is 0 Å². The van der Waals surface area contributed by atoms with Crippen molar-refractivity contribution < 1.29 is 14.3 Å². The third-order valence-corrected chi connectivity index (χ3v) is 5.09. The van der Waals surface area contributed by atoms with Crippen LogP contribution in [-0.4, -0.2) is 43.6 Å². The minimum Gasteiger partial charge on any atom is -0.495 e. The summed E-state index contributed by atoms with van der Waals surface area (Å²) in [4.78, 5) is 28.8. The van der Waals surface area contributed by atoms with Crippen molar-refractivity contribution in [2.75, 3.05) is 37.0 Å². The highest BCUT2D eigenvalue weighted by Gasteiger charge is 2.32. The second-order valence-corrected chi connectivity index (χ2v) is 6.99. The predicted octanol–water partition coefficient (Wildman–Crippen LogP) is 4.24. The van der Waals surface area contributed by atoms with Gasteiger partial charge >= 0.3 is 6.03 Å². The van der Waals surface area contributed by atoms with Gasteiger partial charge in [-0.15, -0.1) is 0 Å². The molecule has 1 N–H and O–H groups in total. The van der Waals surface area contributed by atoms with Crippen molar-refractivity contribution in [2.45, 2.75) is 0 Å². The first-order valence-electron chi connectivity index (χ1n) is 9.81. The summed E-state index contributed by atoms with van der Waals surface area (Å²) in [6.45, 7) is 0.978. The molecule has 0 radical (unpaired) electrons. The molecule has 1 saturated heterocycles. The van der Waals surface area contributed by atoms with Crippen LogP contribution in [0.15, 0.2) is 78.9 Å². The molecule has 0 saturated carbocycles. The zero-order chi connectivity index (χ0) is 20.9. The van der Waals surface area contributed by atoms with Gasteiger partial charge in [-0.3, -0.25) is 9.69 Å². The molecule has 152 valence electrons. The molecule has 6 nitrogen and oxygen atoms in total. The van der Waals surface area contributed by atoms with E-state index >= 15 is 0 Å². The Hall–Kier alpha value is -3.80. The molecule has 0 aliphatic carbocycles. The maximum Gasteiger partial charge on any atom is 0.325 e. The van der Waals surface area contributed by atoms with Crippen molar-refractivity contribution in [3.8, 4) is 16.9 Å². The summed E-state index contributed by atoms with van der Waals surface area (Å²) in [6, 6.07) is 24.7. The number of para-hydroxylation sites is 3. The maximum atomic E-state index is 12.9. The molecule has 1 aliphatic rings. The van der Waals surface area contributed by atoms with Crippen molar-refractivity contribution in [1.29, 1.82) is 0 Å². The van der Waals surface area contributed by atoms with Gasteiger partial charge in [0.2, 0.25) is 5.91 Å². The number of benzene rings is 3. The van der Waals surface area contributed by atoms with Gasteiger partial charge in [0.25, 0.3) is 0 Å². The summed E-state index contributed by atoms with van der Waals surface area (Å²) >= 11 is 0. The van der Waals surface area contributed by atoms with Gasteiger partial charge in [-0.05, 0) is 23.8 Å². The Morgan fingerprint density at radius 2 is 1.63 bits per heavy atom. The van der Waals surface area contributed by atoms with Gasteiger partial charge in [0, 0.05) is 24.3 Å². The van der Waals surface area contributed by atoms with Crippen molar-refractivity contribution in [3.05, 3.63) is 78.9 Å². The standard InChI is InChI=1S/C24H23N3O3/c1-30-22-14-8-7-13-21(22)27-16-15-26(24(27)29)17-23(28)25-20-12-6-5-11-19(20)18-9-3-2-4-10-18/h2-14H,15-17H2,1H3,(H,25,28). The summed E-state index contributed by atoms with van der Waals surface area (Å²) in [7, 11) is 1.58. The molecule has 6 heteroatoms. The molecule has 1 aliphatic heterocycles. The lowest BCUT2D eigenvalue weighted by Crippen LogP contribution is -2.37. The Morgan fingerprint density at radius 3 is 2.43 bits per heavy atom. The van der Waals surface area contributed by atoms with E-state index in [2.05, 4.69) is 5.32 Å². The smallest absolute Gasteiger partial charge is 0.325 e. The number of carbonyl (C=O) groups is 2. The number of methoxy groups -OCH3 is 1. The van der Waals surface area contributed by atoms with Gasteiger partial charge < -0.3 is 15.0 Å². The van der Waals surface area contributed by atoms with Gasteiger partial charge in [0.05, 0.1) is 12.8 Å². The van der Waals surface area contributed by atoms with Crippen molar-refractivity contribution in [3.63, 3.8) is 0 Å². The Morgan fingerprint density at radius 1 is 0.933 bits per heavy atom. The number of carbonyl (C=O) groups excluding carboxylic acids is 2. The molecule has 1 heterocycles. The van der Waals surface area contributed by atoms with Gasteiger partial charge in [0.15, 0.2) is 0 Å². The molecule has 4 rings (SSSR count). The van der Waals surface area contributed by atoms with Crippen LogP contribution in [0.25, 0.3) is 11.1 Å². The van der Waals surface area contributed by atoms with Crippen LogP contribution in [0.4, 0.5) is 16.2 Å². The highest BCUT2D eigenvalue weighted by molar-refractivity contribution is 6.01. The zero-order valence-corrected chi connectivity index (χ0v) is 16.7. The van der Waals surface area contributed by atoms with Gasteiger partial charge in [-0.2, -0.15) is 0 Å². The first kappa shape index (κ1) is 19.5.